The Balaban J connectivity index is 1.18. The zero-order valence-electron chi connectivity index (χ0n) is 33.2. The molecule has 0 spiro atoms. The maximum absolute atomic E-state index is 14.6. The monoisotopic (exact) mass is 760 g/mol. The molecule has 5 amide bonds. The lowest BCUT2D eigenvalue weighted by Gasteiger charge is -2.42. The molecule has 1 saturated heterocycles. The first kappa shape index (κ1) is 39.9. The van der Waals surface area contributed by atoms with Crippen LogP contribution in [0.5, 0.6) is 0 Å². The number of ketones is 1. The molecule has 4 N–H and O–H groups in total. The van der Waals surface area contributed by atoms with E-state index in [-0.39, 0.29) is 35.0 Å². The smallest absolute Gasteiger partial charge is 0.315 e. The Kier molecular flexibility index (Phi) is 10.6. The average Bonchev–Trinajstić information content (AvgIpc) is 3.86. The number of likely N-dealkylation sites (tertiary alicyclic amines) is 1. The lowest BCUT2D eigenvalue weighted by atomic mass is 9.83. The predicted molar refractivity (Wildman–Crippen MR) is 201 cm³/mol. The number of amides is 5. The molecule has 5 saturated carbocycles. The summed E-state index contributed by atoms with van der Waals surface area (Å²) in [5, 5.41) is 11.7. The summed E-state index contributed by atoms with van der Waals surface area (Å²) in [7, 11) is -2.11. The number of carbonyl (C=O) groups is 5. The Morgan fingerprint density at radius 2 is 1.51 bits per heavy atom. The molecule has 6 fully saturated rings. The number of carbonyl (C=O) groups excluding carboxylic acids is 5. The van der Waals surface area contributed by atoms with Gasteiger partial charge in [0.2, 0.25) is 27.6 Å². The van der Waals surface area contributed by atoms with E-state index in [2.05, 4.69) is 35.1 Å². The normalized spacial score (nSPS) is 27.6. The van der Waals surface area contributed by atoms with Crippen LogP contribution in [-0.4, -0.2) is 102 Å². The van der Waals surface area contributed by atoms with Gasteiger partial charge in [0.05, 0.1) is 17.3 Å². The zero-order chi connectivity index (χ0) is 38.9. The summed E-state index contributed by atoms with van der Waals surface area (Å²) in [6, 6.07) is -3.46. The molecule has 0 aromatic rings. The van der Waals surface area contributed by atoms with Gasteiger partial charge in [0.15, 0.2) is 0 Å². The second-order valence-corrected chi connectivity index (χ2v) is 21.6. The number of fused-ring (bicyclic) bond motifs is 1. The third-order valence-electron chi connectivity index (χ3n) is 13.6. The summed E-state index contributed by atoms with van der Waals surface area (Å²) in [5.74, 6) is -1.88. The number of sulfonamides is 1. The SMILES string of the molecule is CN(C(C)(C)C1CC1)S(=O)(=O)CC1(NC(=O)N[C@H](C(=O)N2C[C@H]3[C@@H]([C@H]2C(=O)N[C@@H](CC2CC2)C(=O)C(=O)NC2CC2)C3(C)C)C(C)(C)C)CCCCC1. The van der Waals surface area contributed by atoms with Gasteiger partial charge in [0, 0.05) is 25.2 Å². The fourth-order valence-corrected chi connectivity index (χ4v) is 11.4. The topological polar surface area (TPSA) is 174 Å². The third kappa shape index (κ3) is 8.58. The number of rotatable bonds is 15. The van der Waals surface area contributed by atoms with E-state index in [0.29, 0.717) is 31.7 Å². The lowest BCUT2D eigenvalue weighted by molar-refractivity contribution is -0.145. The van der Waals surface area contributed by atoms with Crippen LogP contribution in [0.1, 0.15) is 126 Å². The first-order valence-electron chi connectivity index (χ1n) is 20.1. The highest BCUT2D eigenvalue weighted by molar-refractivity contribution is 7.89. The molecule has 6 aliphatic rings. The molecule has 14 heteroatoms. The van der Waals surface area contributed by atoms with E-state index >= 15 is 0 Å². The van der Waals surface area contributed by atoms with Crippen LogP contribution < -0.4 is 21.3 Å². The van der Waals surface area contributed by atoms with Gasteiger partial charge in [-0.3, -0.25) is 19.2 Å². The van der Waals surface area contributed by atoms with Crippen LogP contribution in [0.25, 0.3) is 0 Å². The van der Waals surface area contributed by atoms with Gasteiger partial charge in [-0.05, 0) is 93.3 Å². The number of hydrogen-bond acceptors (Lipinski definition) is 7. The van der Waals surface area contributed by atoms with Gasteiger partial charge in [0.1, 0.15) is 12.1 Å². The Labute approximate surface area is 316 Å². The highest BCUT2D eigenvalue weighted by Crippen LogP contribution is 2.65. The van der Waals surface area contributed by atoms with Crippen molar-refractivity contribution in [1.82, 2.24) is 30.5 Å². The quantitative estimate of drug-likeness (QED) is 0.185. The van der Waals surface area contributed by atoms with Crippen LogP contribution >= 0.6 is 0 Å². The van der Waals surface area contributed by atoms with Gasteiger partial charge in [-0.1, -0.05) is 66.7 Å². The van der Waals surface area contributed by atoms with E-state index in [1.807, 2.05) is 34.6 Å². The van der Waals surface area contributed by atoms with Crippen molar-refractivity contribution in [2.24, 2.45) is 34.5 Å². The van der Waals surface area contributed by atoms with Crippen molar-refractivity contribution in [1.29, 1.82) is 0 Å². The van der Waals surface area contributed by atoms with Crippen molar-refractivity contribution in [3.8, 4) is 0 Å². The molecule has 6 rings (SSSR count). The Morgan fingerprint density at radius 1 is 0.887 bits per heavy atom. The van der Waals surface area contributed by atoms with Gasteiger partial charge < -0.3 is 26.2 Å². The van der Waals surface area contributed by atoms with E-state index in [9.17, 15) is 32.4 Å². The van der Waals surface area contributed by atoms with Crippen LogP contribution in [0.4, 0.5) is 4.79 Å². The van der Waals surface area contributed by atoms with Crippen molar-refractivity contribution < 1.29 is 32.4 Å². The largest absolute Gasteiger partial charge is 0.347 e. The van der Waals surface area contributed by atoms with E-state index < -0.39 is 74.2 Å². The molecule has 13 nitrogen and oxygen atoms in total. The number of hydrogen-bond donors (Lipinski definition) is 4. The van der Waals surface area contributed by atoms with Gasteiger partial charge in [0.25, 0.3) is 5.91 Å². The van der Waals surface area contributed by atoms with Crippen molar-refractivity contribution in [3.05, 3.63) is 0 Å². The number of piperidine rings is 1. The van der Waals surface area contributed by atoms with Gasteiger partial charge >= 0.3 is 6.03 Å². The molecule has 0 aromatic heterocycles. The predicted octanol–water partition coefficient (Wildman–Crippen LogP) is 3.47. The van der Waals surface area contributed by atoms with E-state index in [1.165, 1.54) is 4.31 Å². The Hall–Kier alpha value is -2.74. The summed E-state index contributed by atoms with van der Waals surface area (Å²) in [4.78, 5) is 70.4. The molecular formula is C39H64N6O7S. The van der Waals surface area contributed by atoms with Gasteiger partial charge in [-0.2, -0.15) is 4.31 Å². The van der Waals surface area contributed by atoms with Crippen LogP contribution in [0.3, 0.4) is 0 Å². The van der Waals surface area contributed by atoms with Crippen LogP contribution in [-0.2, 0) is 29.2 Å². The zero-order valence-corrected chi connectivity index (χ0v) is 34.0. The fourth-order valence-electron chi connectivity index (χ4n) is 9.24. The number of nitrogens with zero attached hydrogens (tertiary/aromatic N) is 2. The maximum atomic E-state index is 14.6. The lowest BCUT2D eigenvalue weighted by Crippen LogP contribution is -2.64. The molecule has 5 atom stereocenters. The minimum absolute atomic E-state index is 0.0110. The minimum atomic E-state index is -3.75. The molecule has 0 radical (unpaired) electrons. The second kappa shape index (κ2) is 14.1. The highest BCUT2D eigenvalue weighted by Gasteiger charge is 2.70. The first-order chi connectivity index (χ1) is 24.6. The summed E-state index contributed by atoms with van der Waals surface area (Å²) in [6.45, 7) is 14.0. The van der Waals surface area contributed by atoms with Crippen molar-refractivity contribution >= 4 is 39.6 Å². The highest BCUT2D eigenvalue weighted by atomic mass is 32.2. The summed E-state index contributed by atoms with van der Waals surface area (Å²) in [6.07, 6.45) is 9.48. The first-order valence-corrected chi connectivity index (χ1v) is 21.7. The number of urea groups is 1. The van der Waals surface area contributed by atoms with E-state index in [1.54, 1.807) is 11.9 Å². The van der Waals surface area contributed by atoms with Crippen LogP contribution in [0, 0.1) is 34.5 Å². The molecule has 5 aliphatic carbocycles. The summed E-state index contributed by atoms with van der Waals surface area (Å²) >= 11 is 0. The maximum Gasteiger partial charge on any atom is 0.315 e. The van der Waals surface area contributed by atoms with Crippen molar-refractivity contribution in [2.45, 2.75) is 161 Å². The Morgan fingerprint density at radius 3 is 2.06 bits per heavy atom. The van der Waals surface area contributed by atoms with Crippen LogP contribution in [0.15, 0.2) is 0 Å². The average molecular weight is 761 g/mol. The van der Waals surface area contributed by atoms with E-state index in [4.69, 9.17) is 0 Å². The second-order valence-electron chi connectivity index (χ2n) is 19.6. The van der Waals surface area contributed by atoms with Crippen molar-refractivity contribution in [3.63, 3.8) is 0 Å². The van der Waals surface area contributed by atoms with Crippen LogP contribution in [0.2, 0.25) is 0 Å². The molecule has 1 heterocycles. The standard InChI is InChI=1S/C39H64N6O7S/c1-36(2,3)31(42-35(50)43-39(18-10-9-11-19-39)22-53(51,52)44(8)38(6,7)24-14-15-24)34(49)45-21-26-28(37(26,4)5)29(45)32(47)41-27(20-23-12-13-23)30(46)33(48)40-25-16-17-25/h23-29,31H,9-22H2,1-8H3,(H,40,48)(H,41,47)(H2,42,43,50)/t26-,27-,28-,29-,31+/m0/s1. The Bertz CT molecular complexity index is 1590. The molecule has 0 unspecified atom stereocenters. The summed E-state index contributed by atoms with van der Waals surface area (Å²) < 4.78 is 29.3. The number of nitrogens with one attached hydrogen (secondary N) is 4. The molecule has 1 aliphatic heterocycles. The van der Waals surface area contributed by atoms with Crippen molar-refractivity contribution in [2.75, 3.05) is 19.3 Å². The fraction of sp³-hybridized carbons (Fsp3) is 0.872. The van der Waals surface area contributed by atoms with E-state index in [0.717, 1.165) is 57.8 Å². The van der Waals surface area contributed by atoms with Gasteiger partial charge in [-0.15, -0.1) is 0 Å². The number of Topliss-reactive ketones (excluding diaryl/α,β-unsaturated/α-hetero) is 1. The molecule has 0 aromatic carbocycles. The molecule has 298 valence electrons. The summed E-state index contributed by atoms with van der Waals surface area (Å²) in [5.41, 5.74) is -2.47. The molecular weight excluding hydrogens is 697 g/mol. The minimum Gasteiger partial charge on any atom is -0.347 e. The third-order valence-corrected chi connectivity index (χ3v) is 15.9. The molecule has 0 bridgehead atoms. The molecule has 53 heavy (non-hydrogen) atoms. The van der Waals surface area contributed by atoms with Gasteiger partial charge in [-0.25, -0.2) is 13.2 Å².